The van der Waals surface area contributed by atoms with E-state index in [1.54, 1.807) is 11.0 Å². The van der Waals surface area contributed by atoms with Crippen LogP contribution in [0, 0.1) is 0 Å². The highest BCUT2D eigenvalue weighted by Crippen LogP contribution is 2.11. The molecule has 2 aromatic rings. The third-order valence-electron chi connectivity index (χ3n) is 2.26. The topological polar surface area (TPSA) is 68.8 Å². The Hall–Kier alpha value is -1.88. The molecule has 1 heterocycles. The maximum atomic E-state index is 5.42. The zero-order valence-corrected chi connectivity index (χ0v) is 9.00. The van der Waals surface area contributed by atoms with Crippen LogP contribution < -0.4 is 11.1 Å². The number of nitrogens with zero attached hydrogens (tertiary/aromatic N) is 3. The first-order valence-corrected chi connectivity index (χ1v) is 5.29. The molecule has 5 heteroatoms. The zero-order valence-electron chi connectivity index (χ0n) is 9.00. The second-order valence-electron chi connectivity index (χ2n) is 3.46. The first-order valence-electron chi connectivity index (χ1n) is 5.29. The third kappa shape index (κ3) is 2.58. The van der Waals surface area contributed by atoms with Crippen LogP contribution in [0.4, 0.5) is 5.69 Å². The summed E-state index contributed by atoms with van der Waals surface area (Å²) in [4.78, 5) is 3.90. The van der Waals surface area contributed by atoms with Gasteiger partial charge in [0.1, 0.15) is 12.7 Å². The standard InChI is InChI=1S/C11H15N5/c12-6-1-7-14-10-2-4-11(5-3-10)16-9-13-8-15-16/h2-5,8-9,14H,1,6-7,12H2. The third-order valence-corrected chi connectivity index (χ3v) is 2.26. The van der Waals surface area contributed by atoms with Crippen molar-refractivity contribution in [2.75, 3.05) is 18.4 Å². The number of nitrogens with two attached hydrogens (primary N) is 1. The normalized spacial score (nSPS) is 10.3. The van der Waals surface area contributed by atoms with Crippen LogP contribution in [0.5, 0.6) is 0 Å². The molecule has 0 saturated carbocycles. The van der Waals surface area contributed by atoms with E-state index in [9.17, 15) is 0 Å². The summed E-state index contributed by atoms with van der Waals surface area (Å²) in [6.45, 7) is 1.61. The quantitative estimate of drug-likeness (QED) is 0.734. The number of hydrogen-bond donors (Lipinski definition) is 2. The lowest BCUT2D eigenvalue weighted by Crippen LogP contribution is -2.08. The van der Waals surface area contributed by atoms with E-state index in [0.717, 1.165) is 24.3 Å². The second kappa shape index (κ2) is 5.27. The molecule has 1 aromatic heterocycles. The van der Waals surface area contributed by atoms with Gasteiger partial charge < -0.3 is 11.1 Å². The highest BCUT2D eigenvalue weighted by molar-refractivity contribution is 5.48. The Morgan fingerprint density at radius 2 is 2.06 bits per heavy atom. The summed E-state index contributed by atoms with van der Waals surface area (Å²) in [5.41, 5.74) is 7.52. The molecule has 0 aliphatic carbocycles. The van der Waals surface area contributed by atoms with Crippen molar-refractivity contribution in [1.29, 1.82) is 0 Å². The lowest BCUT2D eigenvalue weighted by molar-refractivity contribution is 0.870. The summed E-state index contributed by atoms with van der Waals surface area (Å²) in [5, 5.41) is 7.35. The Labute approximate surface area is 94.3 Å². The van der Waals surface area contributed by atoms with Gasteiger partial charge in [-0.1, -0.05) is 0 Å². The van der Waals surface area contributed by atoms with Crippen LogP contribution in [0.25, 0.3) is 5.69 Å². The van der Waals surface area contributed by atoms with Gasteiger partial charge in [-0.2, -0.15) is 5.10 Å². The number of aromatic nitrogens is 3. The number of nitrogens with one attached hydrogen (secondary N) is 1. The monoisotopic (exact) mass is 217 g/mol. The van der Waals surface area contributed by atoms with Crippen LogP contribution in [-0.2, 0) is 0 Å². The fraction of sp³-hybridized carbons (Fsp3) is 0.273. The van der Waals surface area contributed by atoms with E-state index in [1.807, 2.05) is 24.3 Å². The van der Waals surface area contributed by atoms with Gasteiger partial charge in [-0.3, -0.25) is 0 Å². The van der Waals surface area contributed by atoms with Crippen LogP contribution in [-0.4, -0.2) is 27.9 Å². The van der Waals surface area contributed by atoms with E-state index in [0.29, 0.717) is 6.54 Å². The average Bonchev–Trinajstić information content (AvgIpc) is 2.84. The Bertz CT molecular complexity index is 406. The Morgan fingerprint density at radius 1 is 1.25 bits per heavy atom. The van der Waals surface area contributed by atoms with Crippen LogP contribution in [0.1, 0.15) is 6.42 Å². The van der Waals surface area contributed by atoms with Crippen LogP contribution in [0.2, 0.25) is 0 Å². The van der Waals surface area contributed by atoms with Gasteiger partial charge in [0.25, 0.3) is 0 Å². The van der Waals surface area contributed by atoms with Crippen molar-refractivity contribution in [1.82, 2.24) is 14.8 Å². The Balaban J connectivity index is 2.00. The van der Waals surface area contributed by atoms with Gasteiger partial charge in [0.2, 0.25) is 0 Å². The predicted octanol–water partition coefficient (Wildman–Crippen LogP) is 1.03. The van der Waals surface area contributed by atoms with Crippen molar-refractivity contribution in [3.8, 4) is 5.69 Å². The molecule has 0 aliphatic rings. The second-order valence-corrected chi connectivity index (χ2v) is 3.46. The molecule has 0 saturated heterocycles. The molecule has 2 rings (SSSR count). The minimum absolute atomic E-state index is 0.712. The van der Waals surface area contributed by atoms with Gasteiger partial charge in [-0.05, 0) is 37.2 Å². The maximum Gasteiger partial charge on any atom is 0.138 e. The van der Waals surface area contributed by atoms with E-state index in [-0.39, 0.29) is 0 Å². The molecule has 1 aromatic carbocycles. The summed E-state index contributed by atoms with van der Waals surface area (Å²) in [7, 11) is 0. The molecule has 0 unspecified atom stereocenters. The molecule has 16 heavy (non-hydrogen) atoms. The Morgan fingerprint density at radius 3 is 2.69 bits per heavy atom. The fourth-order valence-electron chi connectivity index (χ4n) is 1.41. The SMILES string of the molecule is NCCCNc1ccc(-n2cncn2)cc1. The molecule has 5 nitrogen and oxygen atoms in total. The van der Waals surface area contributed by atoms with E-state index < -0.39 is 0 Å². The largest absolute Gasteiger partial charge is 0.385 e. The van der Waals surface area contributed by atoms with Crippen molar-refractivity contribution in [3.63, 3.8) is 0 Å². The number of anilines is 1. The molecule has 0 spiro atoms. The predicted molar refractivity (Wildman–Crippen MR) is 63.5 cm³/mol. The first-order chi connectivity index (χ1) is 7.90. The highest BCUT2D eigenvalue weighted by atomic mass is 15.3. The summed E-state index contributed by atoms with van der Waals surface area (Å²) in [6.07, 6.45) is 4.18. The van der Waals surface area contributed by atoms with Crippen LogP contribution in [0.15, 0.2) is 36.9 Å². The van der Waals surface area contributed by atoms with E-state index >= 15 is 0 Å². The minimum Gasteiger partial charge on any atom is -0.385 e. The number of benzene rings is 1. The van der Waals surface area contributed by atoms with Gasteiger partial charge in [-0.25, -0.2) is 9.67 Å². The van der Waals surface area contributed by atoms with Crippen molar-refractivity contribution < 1.29 is 0 Å². The number of rotatable bonds is 5. The van der Waals surface area contributed by atoms with Gasteiger partial charge in [0.05, 0.1) is 5.69 Å². The summed E-state index contributed by atoms with van der Waals surface area (Å²) in [5.74, 6) is 0. The van der Waals surface area contributed by atoms with Gasteiger partial charge >= 0.3 is 0 Å². The summed E-state index contributed by atoms with van der Waals surface area (Å²) >= 11 is 0. The van der Waals surface area contributed by atoms with Gasteiger partial charge in [-0.15, -0.1) is 0 Å². The fourth-order valence-corrected chi connectivity index (χ4v) is 1.41. The average molecular weight is 217 g/mol. The lowest BCUT2D eigenvalue weighted by Gasteiger charge is -2.06. The first kappa shape index (κ1) is 10.6. The number of hydrogen-bond acceptors (Lipinski definition) is 4. The summed E-state index contributed by atoms with van der Waals surface area (Å²) < 4.78 is 1.73. The molecular formula is C11H15N5. The molecule has 0 bridgehead atoms. The van der Waals surface area contributed by atoms with Crippen molar-refractivity contribution >= 4 is 5.69 Å². The molecule has 0 fully saturated rings. The van der Waals surface area contributed by atoms with Crippen LogP contribution >= 0.6 is 0 Å². The molecule has 84 valence electrons. The van der Waals surface area contributed by atoms with Gasteiger partial charge in [0.15, 0.2) is 0 Å². The minimum atomic E-state index is 0.712. The van der Waals surface area contributed by atoms with Crippen molar-refractivity contribution in [2.24, 2.45) is 5.73 Å². The zero-order chi connectivity index (χ0) is 11.2. The lowest BCUT2D eigenvalue weighted by atomic mass is 10.2. The molecule has 0 amide bonds. The Kier molecular flexibility index (Phi) is 3.50. The molecule has 0 atom stereocenters. The van der Waals surface area contributed by atoms with Gasteiger partial charge in [0, 0.05) is 12.2 Å². The molecule has 0 radical (unpaired) electrons. The smallest absolute Gasteiger partial charge is 0.138 e. The molecule has 0 aliphatic heterocycles. The maximum absolute atomic E-state index is 5.42. The van der Waals surface area contributed by atoms with E-state index in [4.69, 9.17) is 5.73 Å². The highest BCUT2D eigenvalue weighted by Gasteiger charge is 1.96. The summed E-state index contributed by atoms with van der Waals surface area (Å²) in [6, 6.07) is 8.04. The van der Waals surface area contributed by atoms with Crippen molar-refractivity contribution in [2.45, 2.75) is 6.42 Å². The van der Waals surface area contributed by atoms with Crippen LogP contribution in [0.3, 0.4) is 0 Å². The van der Waals surface area contributed by atoms with Crippen molar-refractivity contribution in [3.05, 3.63) is 36.9 Å². The molecule has 3 N–H and O–H groups in total. The van der Waals surface area contributed by atoms with E-state index in [2.05, 4.69) is 15.4 Å². The molecular weight excluding hydrogens is 202 g/mol. The van der Waals surface area contributed by atoms with E-state index in [1.165, 1.54) is 6.33 Å².